The summed E-state index contributed by atoms with van der Waals surface area (Å²) in [6, 6.07) is 13.5. The molecule has 0 atom stereocenters. The van der Waals surface area contributed by atoms with Crippen LogP contribution in [0.4, 0.5) is 11.4 Å². The van der Waals surface area contributed by atoms with E-state index in [0.717, 1.165) is 27.0 Å². The predicted octanol–water partition coefficient (Wildman–Crippen LogP) is 4.13. The lowest BCUT2D eigenvalue weighted by atomic mass is 10.1. The van der Waals surface area contributed by atoms with E-state index < -0.39 is 5.97 Å². The van der Waals surface area contributed by atoms with E-state index in [9.17, 15) is 4.79 Å². The maximum Gasteiger partial charge on any atom is 0.307 e. The van der Waals surface area contributed by atoms with E-state index in [1.165, 1.54) is 0 Å². The second kappa shape index (κ2) is 5.89. The van der Waals surface area contributed by atoms with Crippen molar-refractivity contribution < 1.29 is 9.90 Å². The van der Waals surface area contributed by atoms with E-state index in [0.29, 0.717) is 0 Å². The van der Waals surface area contributed by atoms with Gasteiger partial charge in [-0.2, -0.15) is 0 Å². The van der Waals surface area contributed by atoms with Gasteiger partial charge < -0.3 is 10.4 Å². The van der Waals surface area contributed by atoms with Gasteiger partial charge in [0.1, 0.15) is 0 Å². The summed E-state index contributed by atoms with van der Waals surface area (Å²) in [6.07, 6.45) is 0.0119. The number of carboxylic acids is 1. The standard InChI is InChI=1S/C15H14BrNO2/c1-10-5-6-14(11(7-10)8-15(18)19)17-13-4-2-3-12(16)9-13/h2-7,9,17H,8H2,1H3,(H,18,19). The second-order valence-electron chi connectivity index (χ2n) is 4.37. The highest BCUT2D eigenvalue weighted by atomic mass is 79.9. The Morgan fingerprint density at radius 2 is 2.05 bits per heavy atom. The maximum atomic E-state index is 10.9. The molecular formula is C15H14BrNO2. The first-order valence-corrected chi connectivity index (χ1v) is 6.68. The second-order valence-corrected chi connectivity index (χ2v) is 5.28. The number of rotatable bonds is 4. The first-order chi connectivity index (χ1) is 9.04. The van der Waals surface area contributed by atoms with Crippen molar-refractivity contribution in [3.8, 4) is 0 Å². The number of anilines is 2. The summed E-state index contributed by atoms with van der Waals surface area (Å²) in [7, 11) is 0. The van der Waals surface area contributed by atoms with E-state index in [-0.39, 0.29) is 6.42 Å². The van der Waals surface area contributed by atoms with E-state index >= 15 is 0 Å². The first kappa shape index (κ1) is 13.6. The lowest BCUT2D eigenvalue weighted by Gasteiger charge is -2.12. The van der Waals surface area contributed by atoms with Crippen molar-refractivity contribution in [1.29, 1.82) is 0 Å². The fourth-order valence-corrected chi connectivity index (χ4v) is 2.27. The Balaban J connectivity index is 2.31. The Kier molecular flexibility index (Phi) is 4.22. The SMILES string of the molecule is Cc1ccc(Nc2cccc(Br)c2)c(CC(=O)O)c1. The van der Waals surface area contributed by atoms with Gasteiger partial charge in [-0.3, -0.25) is 4.79 Å². The number of carboxylic acid groups (broad SMARTS) is 1. The average Bonchev–Trinajstić information content (AvgIpc) is 2.32. The molecule has 0 radical (unpaired) electrons. The molecular weight excluding hydrogens is 306 g/mol. The topological polar surface area (TPSA) is 49.3 Å². The molecule has 19 heavy (non-hydrogen) atoms. The van der Waals surface area contributed by atoms with Crippen molar-refractivity contribution >= 4 is 33.3 Å². The van der Waals surface area contributed by atoms with Gasteiger partial charge in [0, 0.05) is 15.8 Å². The van der Waals surface area contributed by atoms with Crippen LogP contribution in [-0.4, -0.2) is 11.1 Å². The third-order valence-electron chi connectivity index (χ3n) is 2.71. The van der Waals surface area contributed by atoms with Gasteiger partial charge >= 0.3 is 5.97 Å². The molecule has 0 aromatic heterocycles. The molecule has 2 aromatic rings. The molecule has 0 fully saturated rings. The van der Waals surface area contributed by atoms with Crippen molar-refractivity contribution in [3.63, 3.8) is 0 Å². The minimum Gasteiger partial charge on any atom is -0.481 e. The number of aryl methyl sites for hydroxylation is 1. The molecule has 2 N–H and O–H groups in total. The van der Waals surface area contributed by atoms with Crippen LogP contribution in [0.15, 0.2) is 46.9 Å². The van der Waals surface area contributed by atoms with Gasteiger partial charge in [-0.05, 0) is 36.8 Å². The number of carbonyl (C=O) groups is 1. The highest BCUT2D eigenvalue weighted by Gasteiger charge is 2.07. The number of benzene rings is 2. The largest absolute Gasteiger partial charge is 0.481 e. The van der Waals surface area contributed by atoms with Crippen LogP contribution in [0.3, 0.4) is 0 Å². The highest BCUT2D eigenvalue weighted by Crippen LogP contribution is 2.24. The number of nitrogens with one attached hydrogen (secondary N) is 1. The van der Waals surface area contributed by atoms with Gasteiger partial charge in [-0.25, -0.2) is 0 Å². The Morgan fingerprint density at radius 1 is 1.26 bits per heavy atom. The van der Waals surface area contributed by atoms with Gasteiger partial charge in [0.2, 0.25) is 0 Å². The lowest BCUT2D eigenvalue weighted by Crippen LogP contribution is -2.04. The molecule has 0 aliphatic heterocycles. The van der Waals surface area contributed by atoms with E-state index in [1.54, 1.807) is 0 Å². The number of halogens is 1. The van der Waals surface area contributed by atoms with Crippen LogP contribution in [0, 0.1) is 6.92 Å². The summed E-state index contributed by atoms with van der Waals surface area (Å²) >= 11 is 3.41. The molecule has 98 valence electrons. The summed E-state index contributed by atoms with van der Waals surface area (Å²) < 4.78 is 0.976. The first-order valence-electron chi connectivity index (χ1n) is 5.88. The molecule has 2 rings (SSSR count). The number of hydrogen-bond donors (Lipinski definition) is 2. The quantitative estimate of drug-likeness (QED) is 0.890. The van der Waals surface area contributed by atoms with E-state index in [2.05, 4.69) is 21.2 Å². The normalized spacial score (nSPS) is 10.2. The molecule has 0 spiro atoms. The van der Waals surface area contributed by atoms with Crippen molar-refractivity contribution in [2.24, 2.45) is 0 Å². The zero-order valence-electron chi connectivity index (χ0n) is 10.5. The van der Waals surface area contributed by atoms with Gasteiger partial charge in [0.05, 0.1) is 6.42 Å². The van der Waals surface area contributed by atoms with Crippen molar-refractivity contribution in [1.82, 2.24) is 0 Å². The molecule has 0 saturated heterocycles. The molecule has 0 saturated carbocycles. The van der Waals surface area contributed by atoms with Gasteiger partial charge in [-0.1, -0.05) is 39.7 Å². The van der Waals surface area contributed by atoms with E-state index in [4.69, 9.17) is 5.11 Å². The minimum absolute atomic E-state index is 0.0119. The fraction of sp³-hybridized carbons (Fsp3) is 0.133. The van der Waals surface area contributed by atoms with Crippen molar-refractivity contribution in [2.75, 3.05) is 5.32 Å². The Morgan fingerprint density at radius 3 is 2.74 bits per heavy atom. The van der Waals surface area contributed by atoms with Crippen molar-refractivity contribution in [2.45, 2.75) is 13.3 Å². The minimum atomic E-state index is -0.831. The molecule has 0 aliphatic carbocycles. The van der Waals surface area contributed by atoms with Crippen LogP contribution in [-0.2, 0) is 11.2 Å². The van der Waals surface area contributed by atoms with Crippen molar-refractivity contribution in [3.05, 3.63) is 58.1 Å². The Hall–Kier alpha value is -1.81. The molecule has 0 unspecified atom stereocenters. The summed E-state index contributed by atoms with van der Waals surface area (Å²) in [5.74, 6) is -0.831. The van der Waals surface area contributed by atoms with E-state index in [1.807, 2.05) is 49.4 Å². The third-order valence-corrected chi connectivity index (χ3v) is 3.20. The zero-order valence-corrected chi connectivity index (χ0v) is 12.1. The maximum absolute atomic E-state index is 10.9. The van der Waals surface area contributed by atoms with Crippen LogP contribution in [0.5, 0.6) is 0 Å². The summed E-state index contributed by atoms with van der Waals surface area (Å²) in [6.45, 7) is 1.95. The highest BCUT2D eigenvalue weighted by molar-refractivity contribution is 9.10. The smallest absolute Gasteiger partial charge is 0.307 e. The van der Waals surface area contributed by atoms with Crippen LogP contribution < -0.4 is 5.32 Å². The summed E-state index contributed by atoms with van der Waals surface area (Å²) in [4.78, 5) is 10.9. The molecule has 3 nitrogen and oxygen atoms in total. The Labute approximate surface area is 120 Å². The molecule has 0 heterocycles. The number of aliphatic carboxylic acids is 1. The van der Waals surface area contributed by atoms with Gasteiger partial charge in [0.25, 0.3) is 0 Å². The molecule has 4 heteroatoms. The van der Waals surface area contributed by atoms with Gasteiger partial charge in [0.15, 0.2) is 0 Å². The summed E-state index contributed by atoms with van der Waals surface area (Å²) in [5, 5.41) is 12.2. The van der Waals surface area contributed by atoms with Gasteiger partial charge in [-0.15, -0.1) is 0 Å². The molecule has 0 aliphatic rings. The van der Waals surface area contributed by atoms with Crippen LogP contribution >= 0.6 is 15.9 Å². The molecule has 2 aromatic carbocycles. The Bertz CT molecular complexity index is 611. The van der Waals surface area contributed by atoms with Crippen LogP contribution in [0.1, 0.15) is 11.1 Å². The lowest BCUT2D eigenvalue weighted by molar-refractivity contribution is -0.136. The number of hydrogen-bond acceptors (Lipinski definition) is 2. The van der Waals surface area contributed by atoms with Crippen LogP contribution in [0.2, 0.25) is 0 Å². The third kappa shape index (κ3) is 3.83. The molecule has 0 amide bonds. The van der Waals surface area contributed by atoms with Crippen LogP contribution in [0.25, 0.3) is 0 Å². The monoisotopic (exact) mass is 319 g/mol. The molecule has 0 bridgehead atoms. The fourth-order valence-electron chi connectivity index (χ4n) is 1.88. The summed E-state index contributed by atoms with van der Waals surface area (Å²) in [5.41, 5.74) is 3.58. The average molecular weight is 320 g/mol. The zero-order chi connectivity index (χ0) is 13.8. The predicted molar refractivity (Wildman–Crippen MR) is 79.9 cm³/mol.